The molecule has 0 aromatic carbocycles. The van der Waals surface area contributed by atoms with Gasteiger partial charge in [0.1, 0.15) is 10.9 Å². The van der Waals surface area contributed by atoms with E-state index in [2.05, 4.69) is 0 Å². The van der Waals surface area contributed by atoms with Crippen LogP contribution in [0.15, 0.2) is 12.1 Å². The van der Waals surface area contributed by atoms with Crippen LogP contribution in [0.1, 0.15) is 14.5 Å². The Kier molecular flexibility index (Phi) is 2.64. The molecule has 0 saturated carbocycles. The first-order chi connectivity index (χ1) is 5.27. The third-order valence-electron chi connectivity index (χ3n) is 1.11. The lowest BCUT2D eigenvalue weighted by Gasteiger charge is -1.85. The Morgan fingerprint density at radius 3 is 2.91 bits per heavy atom. The number of Topliss-reactive ketones (excluding diaryl/α,β-unsaturated/α-hetero) is 1. The van der Waals surface area contributed by atoms with Gasteiger partial charge in [0.25, 0.3) is 0 Å². The van der Waals surface area contributed by atoms with Crippen LogP contribution in [0.3, 0.4) is 0 Å². The molecule has 1 heterocycles. The van der Waals surface area contributed by atoms with Crippen molar-refractivity contribution in [3.05, 3.63) is 21.9 Å². The van der Waals surface area contributed by atoms with E-state index in [0.29, 0.717) is 9.75 Å². The number of carbonyl (C=O) groups is 1. The highest BCUT2D eigenvalue weighted by molar-refractivity contribution is 7.14. The molecule has 0 atom stereocenters. The van der Waals surface area contributed by atoms with Gasteiger partial charge in [0.15, 0.2) is 5.78 Å². The van der Waals surface area contributed by atoms with Crippen molar-refractivity contribution in [2.75, 3.05) is 5.88 Å². The number of carbonyl (C=O) groups excluding carboxylic acids is 1. The summed E-state index contributed by atoms with van der Waals surface area (Å²) < 4.78 is 0. The Balaban J connectivity index is 2.91. The van der Waals surface area contributed by atoms with Gasteiger partial charge in [-0.2, -0.15) is 5.26 Å². The molecule has 0 radical (unpaired) electrons. The number of ketones is 1. The summed E-state index contributed by atoms with van der Waals surface area (Å²) in [5.74, 6) is -0.149. The third-order valence-corrected chi connectivity index (χ3v) is 2.39. The van der Waals surface area contributed by atoms with Crippen LogP contribution in [0.4, 0.5) is 0 Å². The zero-order valence-corrected chi connectivity index (χ0v) is 7.08. The second-order valence-electron chi connectivity index (χ2n) is 1.83. The van der Waals surface area contributed by atoms with E-state index in [1.54, 1.807) is 12.1 Å². The molecule has 4 heteroatoms. The molecule has 1 aromatic heterocycles. The average molecular weight is 186 g/mol. The van der Waals surface area contributed by atoms with Crippen molar-refractivity contribution in [1.82, 2.24) is 0 Å². The van der Waals surface area contributed by atoms with Gasteiger partial charge in [-0.3, -0.25) is 4.79 Å². The molecular weight excluding hydrogens is 182 g/mol. The molecule has 0 spiro atoms. The summed E-state index contributed by atoms with van der Waals surface area (Å²) in [5, 5.41) is 8.42. The number of nitrogens with zero attached hydrogens (tertiary/aromatic N) is 1. The summed E-state index contributed by atoms with van der Waals surface area (Å²) in [7, 11) is 0. The van der Waals surface area contributed by atoms with Gasteiger partial charge in [-0.1, -0.05) is 0 Å². The Morgan fingerprint density at radius 2 is 2.45 bits per heavy atom. The molecule has 0 saturated heterocycles. The lowest BCUT2D eigenvalue weighted by atomic mass is 10.3. The number of thiophene rings is 1. The molecule has 2 nitrogen and oxygen atoms in total. The second kappa shape index (κ2) is 3.51. The first-order valence-corrected chi connectivity index (χ1v) is 4.22. The fourth-order valence-electron chi connectivity index (χ4n) is 0.614. The maximum Gasteiger partial charge on any atom is 0.187 e. The summed E-state index contributed by atoms with van der Waals surface area (Å²) in [5.41, 5.74) is 0. The fraction of sp³-hybridized carbons (Fsp3) is 0.143. The Morgan fingerprint density at radius 1 is 1.73 bits per heavy atom. The number of nitriles is 1. The van der Waals surface area contributed by atoms with E-state index in [1.807, 2.05) is 6.07 Å². The Labute approximate surface area is 73.0 Å². The van der Waals surface area contributed by atoms with Crippen molar-refractivity contribution in [2.45, 2.75) is 0 Å². The van der Waals surface area contributed by atoms with Crippen molar-refractivity contribution < 1.29 is 4.79 Å². The minimum atomic E-state index is -0.127. The van der Waals surface area contributed by atoms with E-state index in [9.17, 15) is 4.79 Å². The smallest absolute Gasteiger partial charge is 0.187 e. The third kappa shape index (κ3) is 1.79. The van der Waals surface area contributed by atoms with Crippen LogP contribution in [-0.4, -0.2) is 11.7 Å². The first-order valence-electron chi connectivity index (χ1n) is 2.87. The van der Waals surface area contributed by atoms with Crippen molar-refractivity contribution in [3.8, 4) is 6.07 Å². The quantitative estimate of drug-likeness (QED) is 0.523. The van der Waals surface area contributed by atoms with Crippen LogP contribution in [0, 0.1) is 11.3 Å². The minimum Gasteiger partial charge on any atom is -0.292 e. The molecule has 0 fully saturated rings. The van der Waals surface area contributed by atoms with Crippen molar-refractivity contribution in [2.24, 2.45) is 0 Å². The Hall–Kier alpha value is -0.850. The summed E-state index contributed by atoms with van der Waals surface area (Å²) in [4.78, 5) is 12.0. The van der Waals surface area contributed by atoms with Crippen LogP contribution in [0.2, 0.25) is 0 Å². The maximum absolute atomic E-state index is 10.9. The van der Waals surface area contributed by atoms with E-state index in [0.717, 1.165) is 0 Å². The average Bonchev–Trinajstić information content (AvgIpc) is 2.50. The SMILES string of the molecule is N#Cc1ccc(C(=O)CCl)s1. The zero-order valence-electron chi connectivity index (χ0n) is 5.50. The Bertz CT molecular complexity index is 312. The van der Waals surface area contributed by atoms with E-state index in [-0.39, 0.29) is 11.7 Å². The van der Waals surface area contributed by atoms with Crippen LogP contribution in [-0.2, 0) is 0 Å². The molecule has 11 heavy (non-hydrogen) atoms. The molecule has 0 aliphatic carbocycles. The topological polar surface area (TPSA) is 40.9 Å². The van der Waals surface area contributed by atoms with E-state index < -0.39 is 0 Å². The van der Waals surface area contributed by atoms with Crippen molar-refractivity contribution in [1.29, 1.82) is 5.26 Å². The molecule has 0 amide bonds. The van der Waals surface area contributed by atoms with Gasteiger partial charge in [0.2, 0.25) is 0 Å². The molecule has 1 rings (SSSR count). The standard InChI is InChI=1S/C7H4ClNOS/c8-3-6(10)7-2-1-5(4-9)11-7/h1-2H,3H2. The van der Waals surface area contributed by atoms with E-state index >= 15 is 0 Å². The molecule has 1 aromatic rings. The first kappa shape index (κ1) is 8.25. The molecule has 0 N–H and O–H groups in total. The van der Waals surface area contributed by atoms with E-state index in [1.165, 1.54) is 11.3 Å². The lowest BCUT2D eigenvalue weighted by Crippen LogP contribution is -1.95. The summed E-state index contributed by atoms with van der Waals surface area (Å²) >= 11 is 6.48. The van der Waals surface area contributed by atoms with Gasteiger partial charge in [0, 0.05) is 0 Å². The summed E-state index contributed by atoms with van der Waals surface area (Å²) in [6.45, 7) is 0. The maximum atomic E-state index is 10.9. The number of rotatable bonds is 2. The summed E-state index contributed by atoms with van der Waals surface area (Å²) in [6, 6.07) is 5.18. The van der Waals surface area contributed by atoms with E-state index in [4.69, 9.17) is 16.9 Å². The number of hydrogen-bond donors (Lipinski definition) is 0. The van der Waals surface area contributed by atoms with Crippen LogP contribution < -0.4 is 0 Å². The van der Waals surface area contributed by atoms with Crippen molar-refractivity contribution >= 4 is 28.7 Å². The lowest BCUT2D eigenvalue weighted by molar-refractivity contribution is 0.102. The van der Waals surface area contributed by atoms with Gasteiger partial charge in [-0.15, -0.1) is 22.9 Å². The number of alkyl halides is 1. The normalized spacial score (nSPS) is 9.09. The van der Waals surface area contributed by atoms with Gasteiger partial charge in [0.05, 0.1) is 10.8 Å². The monoisotopic (exact) mass is 185 g/mol. The highest BCUT2D eigenvalue weighted by atomic mass is 35.5. The van der Waals surface area contributed by atoms with Crippen LogP contribution in [0.25, 0.3) is 0 Å². The zero-order chi connectivity index (χ0) is 8.27. The van der Waals surface area contributed by atoms with Crippen molar-refractivity contribution in [3.63, 3.8) is 0 Å². The van der Waals surface area contributed by atoms with Gasteiger partial charge in [-0.05, 0) is 12.1 Å². The predicted molar refractivity (Wildman–Crippen MR) is 44.1 cm³/mol. The molecule has 0 aliphatic rings. The molecule has 0 bridgehead atoms. The number of halogens is 1. The van der Waals surface area contributed by atoms with Crippen LogP contribution >= 0.6 is 22.9 Å². The molecule has 56 valence electrons. The predicted octanol–water partition coefficient (Wildman–Crippen LogP) is 2.04. The summed E-state index contributed by atoms with van der Waals surface area (Å²) in [6.07, 6.45) is 0. The highest BCUT2D eigenvalue weighted by Gasteiger charge is 2.06. The minimum absolute atomic E-state index is 0.0224. The van der Waals surface area contributed by atoms with Gasteiger partial charge < -0.3 is 0 Å². The van der Waals surface area contributed by atoms with Gasteiger partial charge >= 0.3 is 0 Å². The molecular formula is C7H4ClNOS. The fourth-order valence-corrected chi connectivity index (χ4v) is 1.58. The van der Waals surface area contributed by atoms with Crippen LogP contribution in [0.5, 0.6) is 0 Å². The highest BCUT2D eigenvalue weighted by Crippen LogP contribution is 2.15. The largest absolute Gasteiger partial charge is 0.292 e. The van der Waals surface area contributed by atoms with Gasteiger partial charge in [-0.25, -0.2) is 0 Å². The molecule has 0 aliphatic heterocycles. The molecule has 0 unspecified atom stereocenters. The number of hydrogen-bond acceptors (Lipinski definition) is 3. The second-order valence-corrected chi connectivity index (χ2v) is 3.18.